The number of rotatable bonds is 7. The summed E-state index contributed by atoms with van der Waals surface area (Å²) in [4.78, 5) is 31.7. The van der Waals surface area contributed by atoms with Crippen LogP contribution in [0.4, 0.5) is 27.3 Å². The number of imidazole rings is 1. The minimum atomic E-state index is -0.507. The highest BCUT2D eigenvalue weighted by Gasteiger charge is 2.34. The van der Waals surface area contributed by atoms with E-state index in [-0.39, 0.29) is 12.5 Å². The number of nitrogens with one attached hydrogen (secondary N) is 1. The topological polar surface area (TPSA) is 111 Å². The molecule has 9 rings (SSSR count). The van der Waals surface area contributed by atoms with Crippen molar-refractivity contribution in [1.29, 1.82) is 0 Å². The lowest BCUT2D eigenvalue weighted by atomic mass is 9.91. The van der Waals surface area contributed by atoms with E-state index in [1.165, 1.54) is 22.6 Å². The second-order valence-electron chi connectivity index (χ2n) is 13.2. The van der Waals surface area contributed by atoms with E-state index in [1.54, 1.807) is 39.2 Å². The molecule has 49 heavy (non-hydrogen) atoms. The summed E-state index contributed by atoms with van der Waals surface area (Å²) in [7, 11) is 0. The first-order chi connectivity index (χ1) is 24.0. The number of hydrogen-bond acceptors (Lipinski definition) is 10. The van der Waals surface area contributed by atoms with Crippen LogP contribution in [0.15, 0.2) is 48.9 Å². The zero-order valence-corrected chi connectivity index (χ0v) is 27.9. The van der Waals surface area contributed by atoms with Gasteiger partial charge in [0.1, 0.15) is 11.6 Å². The maximum Gasteiger partial charge on any atom is 0.268 e. The van der Waals surface area contributed by atoms with Crippen molar-refractivity contribution in [3.63, 3.8) is 0 Å². The van der Waals surface area contributed by atoms with Crippen LogP contribution in [0.25, 0.3) is 16.9 Å². The first-order valence-electron chi connectivity index (χ1n) is 17.1. The van der Waals surface area contributed by atoms with Crippen LogP contribution < -0.4 is 15.1 Å². The number of carbonyl (C=O) groups excluding carboxylic acids is 1. The van der Waals surface area contributed by atoms with Crippen LogP contribution in [0.2, 0.25) is 0 Å². The number of nitrogens with zero attached hydrogens (tertiary/aromatic N) is 7. The Hall–Kier alpha value is -4.43. The number of aliphatic hydroxyl groups excluding tert-OH is 1. The molecule has 3 aliphatic heterocycles. The monoisotopic (exact) mass is 680 g/mol. The molecule has 0 saturated carbocycles. The summed E-state index contributed by atoms with van der Waals surface area (Å²) in [5.41, 5.74) is 6.45. The highest BCUT2D eigenvalue weighted by molar-refractivity contribution is 7.14. The summed E-state index contributed by atoms with van der Waals surface area (Å²) in [6, 6.07) is 9.08. The van der Waals surface area contributed by atoms with E-state index in [4.69, 9.17) is 14.8 Å². The van der Waals surface area contributed by atoms with Crippen molar-refractivity contribution in [3.05, 3.63) is 81.2 Å². The number of hydrogen-bond donors (Lipinski definition) is 2. The zero-order valence-electron chi connectivity index (χ0n) is 27.1. The highest BCUT2D eigenvalue weighted by atomic mass is 32.1. The molecule has 1 aliphatic carbocycles. The Balaban J connectivity index is 1.01. The van der Waals surface area contributed by atoms with Gasteiger partial charge in [0.15, 0.2) is 5.65 Å². The molecule has 1 amide bonds. The maximum absolute atomic E-state index is 15.5. The molecule has 7 heterocycles. The molecule has 0 atom stereocenters. The van der Waals surface area contributed by atoms with Crippen molar-refractivity contribution < 1.29 is 19.0 Å². The van der Waals surface area contributed by atoms with E-state index >= 15 is 4.39 Å². The predicted octanol–water partition coefficient (Wildman–Crippen LogP) is 4.83. The summed E-state index contributed by atoms with van der Waals surface area (Å²) in [5, 5.41) is 18.9. The first kappa shape index (κ1) is 30.6. The fourth-order valence-corrected chi connectivity index (χ4v) is 9.10. The Morgan fingerprint density at radius 3 is 2.63 bits per heavy atom. The standard InChI is InChI=1S/C36H37FN8O3S/c37-22-15-27(28(19-46)31(16-22)44-9-7-26-25-3-1-2-4-32(25)49-34(26)36(44)47)29-17-30(35-38-8-10-45(35)41-29)40-33-6-5-23(18-39-33)42-11-13-43(14-12-42)24-20-48-21-24/h5-6,8,10,15-18,24,46H,1-4,7,9,11-14,19-21H2,(H,39,40). The number of anilines is 4. The Morgan fingerprint density at radius 2 is 1.86 bits per heavy atom. The van der Waals surface area contributed by atoms with E-state index < -0.39 is 5.82 Å². The third-order valence-corrected chi connectivity index (χ3v) is 11.7. The van der Waals surface area contributed by atoms with Crippen LogP contribution in [0.3, 0.4) is 0 Å². The van der Waals surface area contributed by atoms with Crippen molar-refractivity contribution in [2.24, 2.45) is 0 Å². The first-order valence-corrected chi connectivity index (χ1v) is 17.9. The van der Waals surface area contributed by atoms with E-state index in [9.17, 15) is 9.90 Å². The number of piperazine rings is 1. The zero-order chi connectivity index (χ0) is 33.1. The van der Waals surface area contributed by atoms with Gasteiger partial charge in [-0.05, 0) is 73.6 Å². The summed E-state index contributed by atoms with van der Waals surface area (Å²) in [5.74, 6) is -0.00390. The number of aliphatic hydroxyl groups is 1. The Labute approximate surface area is 287 Å². The van der Waals surface area contributed by atoms with Crippen LogP contribution in [0.1, 0.15) is 44.1 Å². The average Bonchev–Trinajstić information content (AvgIpc) is 3.74. The molecule has 0 spiro atoms. The molecule has 13 heteroatoms. The number of aromatic nitrogens is 4. The van der Waals surface area contributed by atoms with Crippen molar-refractivity contribution in [3.8, 4) is 11.3 Å². The van der Waals surface area contributed by atoms with Crippen LogP contribution in [-0.4, -0.2) is 87.5 Å². The van der Waals surface area contributed by atoms with Gasteiger partial charge in [-0.15, -0.1) is 11.3 Å². The molecule has 0 radical (unpaired) electrons. The van der Waals surface area contributed by atoms with Gasteiger partial charge in [-0.1, -0.05) is 0 Å². The fraction of sp³-hybridized carbons (Fsp3) is 0.389. The molecule has 0 unspecified atom stereocenters. The van der Waals surface area contributed by atoms with Crippen molar-refractivity contribution in [1.82, 2.24) is 24.5 Å². The van der Waals surface area contributed by atoms with Gasteiger partial charge in [-0.25, -0.2) is 18.9 Å². The Morgan fingerprint density at radius 1 is 1.00 bits per heavy atom. The third kappa shape index (κ3) is 5.45. The summed E-state index contributed by atoms with van der Waals surface area (Å²) < 4.78 is 22.5. The number of carbonyl (C=O) groups is 1. The normalized spacial score (nSPS) is 18.4. The SMILES string of the molecule is O=C1c2sc3c(c2CCN1c1cc(F)cc(-c2cc(Nc4ccc(N5CCN(C6COC6)CC5)cn4)c4nccn4n2)c1CO)CCCC3. The smallest absolute Gasteiger partial charge is 0.268 e. The second-order valence-corrected chi connectivity index (χ2v) is 14.3. The number of ether oxygens (including phenoxy) is 1. The molecule has 4 aromatic heterocycles. The molecule has 11 nitrogen and oxygen atoms in total. The highest BCUT2D eigenvalue weighted by Crippen LogP contribution is 2.41. The number of halogens is 1. The number of pyridine rings is 1. The van der Waals surface area contributed by atoms with Gasteiger partial charge in [0, 0.05) is 61.1 Å². The van der Waals surface area contributed by atoms with Gasteiger partial charge >= 0.3 is 0 Å². The largest absolute Gasteiger partial charge is 0.392 e. The number of thiophene rings is 1. The van der Waals surface area contributed by atoms with Gasteiger partial charge in [-0.2, -0.15) is 5.10 Å². The van der Waals surface area contributed by atoms with Crippen molar-refractivity contribution in [2.75, 3.05) is 61.1 Å². The van der Waals surface area contributed by atoms with Crippen LogP contribution in [0, 0.1) is 5.82 Å². The number of amides is 1. The molecular formula is C36H37FN8O3S. The fourth-order valence-electron chi connectivity index (χ4n) is 7.71. The van der Waals surface area contributed by atoms with Gasteiger partial charge < -0.3 is 25.0 Å². The summed E-state index contributed by atoms with van der Waals surface area (Å²) >= 11 is 1.59. The quantitative estimate of drug-likeness (QED) is 0.250. The molecule has 2 fully saturated rings. The summed E-state index contributed by atoms with van der Waals surface area (Å²) in [6.45, 7) is 5.60. The molecule has 1 aromatic carbocycles. The van der Waals surface area contributed by atoms with E-state index in [2.05, 4.69) is 26.2 Å². The number of aryl methyl sites for hydroxylation is 1. The number of fused-ring (bicyclic) bond motifs is 4. The number of benzene rings is 1. The van der Waals surface area contributed by atoms with Gasteiger partial charge in [0.05, 0.1) is 59.7 Å². The van der Waals surface area contributed by atoms with Crippen LogP contribution in [-0.2, 0) is 30.6 Å². The van der Waals surface area contributed by atoms with Gasteiger partial charge in [-0.3, -0.25) is 9.69 Å². The summed E-state index contributed by atoms with van der Waals surface area (Å²) in [6.07, 6.45) is 10.3. The van der Waals surface area contributed by atoms with E-state index in [1.807, 2.05) is 12.3 Å². The molecule has 4 aliphatic rings. The second kappa shape index (κ2) is 12.5. The molecule has 2 saturated heterocycles. The van der Waals surface area contributed by atoms with Crippen LogP contribution in [0.5, 0.6) is 0 Å². The van der Waals surface area contributed by atoms with Gasteiger partial charge in [0.25, 0.3) is 5.91 Å². The minimum Gasteiger partial charge on any atom is -0.392 e. The lowest BCUT2D eigenvalue weighted by molar-refractivity contribution is -0.0660. The lowest BCUT2D eigenvalue weighted by Crippen LogP contribution is -2.56. The lowest BCUT2D eigenvalue weighted by Gasteiger charge is -2.43. The molecular weight excluding hydrogens is 644 g/mol. The molecule has 252 valence electrons. The van der Waals surface area contributed by atoms with E-state index in [0.29, 0.717) is 52.2 Å². The van der Waals surface area contributed by atoms with Crippen molar-refractivity contribution >= 4 is 45.8 Å². The predicted molar refractivity (Wildman–Crippen MR) is 187 cm³/mol. The Bertz CT molecular complexity index is 2050. The minimum absolute atomic E-state index is 0.128. The van der Waals surface area contributed by atoms with Crippen molar-refractivity contribution in [2.45, 2.75) is 44.8 Å². The maximum atomic E-state index is 15.5. The average molecular weight is 681 g/mol. The third-order valence-electron chi connectivity index (χ3n) is 10.4. The Kier molecular flexibility index (Phi) is 7.79. The van der Waals surface area contributed by atoms with Crippen LogP contribution >= 0.6 is 11.3 Å². The van der Waals surface area contributed by atoms with E-state index in [0.717, 1.165) is 87.6 Å². The van der Waals surface area contributed by atoms with Gasteiger partial charge in [0.2, 0.25) is 0 Å². The molecule has 5 aromatic rings. The molecule has 2 N–H and O–H groups in total. The molecule has 0 bridgehead atoms.